The van der Waals surface area contributed by atoms with Crippen LogP contribution in [0.1, 0.15) is 0 Å². The van der Waals surface area contributed by atoms with Gasteiger partial charge in [0.05, 0.1) is 11.4 Å². The summed E-state index contributed by atoms with van der Waals surface area (Å²) in [6.07, 6.45) is 0. The Morgan fingerprint density at radius 2 is 1.18 bits per heavy atom. The van der Waals surface area contributed by atoms with Gasteiger partial charge in [0.2, 0.25) is 0 Å². The van der Waals surface area contributed by atoms with Crippen LogP contribution in [0.15, 0.2) is 60.7 Å². The van der Waals surface area contributed by atoms with E-state index >= 15 is 0 Å². The standard InChI is InChI=1S/C12H11NO3S/c14-17(15)16-13(11-7-3-1-4-8-11)12-9-5-2-6-10-12/h1-10,17H. The maximum absolute atomic E-state index is 10.7. The zero-order chi connectivity index (χ0) is 12.1. The van der Waals surface area contributed by atoms with Crippen molar-refractivity contribution in [2.24, 2.45) is 0 Å². The molecule has 2 rings (SSSR count). The second kappa shape index (κ2) is 5.47. The highest BCUT2D eigenvalue weighted by atomic mass is 32.2. The van der Waals surface area contributed by atoms with E-state index < -0.39 is 11.0 Å². The minimum atomic E-state index is -2.96. The Morgan fingerprint density at radius 3 is 1.53 bits per heavy atom. The molecule has 0 N–H and O–H groups in total. The average molecular weight is 249 g/mol. The van der Waals surface area contributed by atoms with Crippen molar-refractivity contribution in [3.05, 3.63) is 60.7 Å². The first-order valence-electron chi connectivity index (χ1n) is 5.00. The Balaban J connectivity index is 2.39. The van der Waals surface area contributed by atoms with Gasteiger partial charge in [-0.2, -0.15) is 0 Å². The number of benzene rings is 2. The lowest BCUT2D eigenvalue weighted by Crippen LogP contribution is -2.16. The highest BCUT2D eigenvalue weighted by Gasteiger charge is 2.10. The number of hydrogen-bond acceptors (Lipinski definition) is 4. The molecule has 0 radical (unpaired) electrons. The second-order valence-electron chi connectivity index (χ2n) is 3.27. The summed E-state index contributed by atoms with van der Waals surface area (Å²) in [4.78, 5) is 0. The summed E-state index contributed by atoms with van der Waals surface area (Å²) in [6, 6.07) is 18.0. The molecule has 0 aromatic heterocycles. The van der Waals surface area contributed by atoms with Gasteiger partial charge in [0, 0.05) is 0 Å². The van der Waals surface area contributed by atoms with Crippen molar-refractivity contribution in [2.75, 3.05) is 5.06 Å². The van der Waals surface area contributed by atoms with Crippen molar-refractivity contribution in [2.45, 2.75) is 0 Å². The first-order valence-corrected chi connectivity index (χ1v) is 6.09. The van der Waals surface area contributed by atoms with Gasteiger partial charge in [-0.15, -0.1) is 4.28 Å². The van der Waals surface area contributed by atoms with Crippen molar-refractivity contribution in [3.8, 4) is 0 Å². The van der Waals surface area contributed by atoms with Gasteiger partial charge in [0.25, 0.3) is 11.0 Å². The molecule has 0 amide bonds. The van der Waals surface area contributed by atoms with Gasteiger partial charge in [-0.1, -0.05) is 36.4 Å². The van der Waals surface area contributed by atoms with Gasteiger partial charge in [-0.3, -0.25) is 0 Å². The van der Waals surface area contributed by atoms with Gasteiger partial charge >= 0.3 is 0 Å². The maximum Gasteiger partial charge on any atom is 0.278 e. The summed E-state index contributed by atoms with van der Waals surface area (Å²) in [5.74, 6) is 0. The van der Waals surface area contributed by atoms with Gasteiger partial charge in [0.1, 0.15) is 0 Å². The lowest BCUT2D eigenvalue weighted by Gasteiger charge is -2.19. The molecule has 4 nitrogen and oxygen atoms in total. The summed E-state index contributed by atoms with van der Waals surface area (Å²) >= 11 is 0. The smallest absolute Gasteiger partial charge is 0.205 e. The predicted octanol–water partition coefficient (Wildman–Crippen LogP) is 2.28. The monoisotopic (exact) mass is 249 g/mol. The molecule has 0 aliphatic rings. The minimum absolute atomic E-state index is 0.651. The number of anilines is 2. The van der Waals surface area contributed by atoms with Crippen LogP contribution in [0.2, 0.25) is 0 Å². The minimum Gasteiger partial charge on any atom is -0.205 e. The fourth-order valence-electron chi connectivity index (χ4n) is 1.44. The number of para-hydroxylation sites is 2. The number of thiol groups is 1. The Hall–Kier alpha value is -1.85. The van der Waals surface area contributed by atoms with Crippen LogP contribution in [-0.2, 0) is 15.3 Å². The zero-order valence-electron chi connectivity index (χ0n) is 8.89. The molecule has 0 bridgehead atoms. The first-order chi connectivity index (χ1) is 8.27. The Labute approximate surface area is 101 Å². The van der Waals surface area contributed by atoms with E-state index in [0.29, 0.717) is 11.4 Å². The summed E-state index contributed by atoms with van der Waals surface area (Å²) in [6.45, 7) is 0. The summed E-state index contributed by atoms with van der Waals surface area (Å²) in [7, 11) is -2.96. The van der Waals surface area contributed by atoms with Crippen LogP contribution < -0.4 is 5.06 Å². The van der Waals surface area contributed by atoms with Crippen LogP contribution in [0, 0.1) is 0 Å². The molecule has 0 unspecified atom stereocenters. The van der Waals surface area contributed by atoms with E-state index in [-0.39, 0.29) is 0 Å². The van der Waals surface area contributed by atoms with Gasteiger partial charge < -0.3 is 0 Å². The summed E-state index contributed by atoms with van der Waals surface area (Å²) < 4.78 is 26.3. The third-order valence-electron chi connectivity index (χ3n) is 2.13. The number of hydrogen-bond donors (Lipinski definition) is 1. The Kier molecular flexibility index (Phi) is 3.74. The van der Waals surface area contributed by atoms with Crippen molar-refractivity contribution < 1.29 is 12.7 Å². The molecule has 0 saturated heterocycles. The van der Waals surface area contributed by atoms with Gasteiger partial charge in [-0.25, -0.2) is 13.5 Å². The topological polar surface area (TPSA) is 46.6 Å². The number of rotatable bonds is 4. The zero-order valence-corrected chi connectivity index (χ0v) is 9.79. The third-order valence-corrected chi connectivity index (χ3v) is 2.43. The van der Waals surface area contributed by atoms with Crippen LogP contribution in [0.3, 0.4) is 0 Å². The van der Waals surface area contributed by atoms with Crippen LogP contribution in [0.25, 0.3) is 0 Å². The predicted molar refractivity (Wildman–Crippen MR) is 66.4 cm³/mol. The summed E-state index contributed by atoms with van der Waals surface area (Å²) in [5, 5.41) is 1.27. The second-order valence-corrected chi connectivity index (χ2v) is 3.88. The van der Waals surface area contributed by atoms with Crippen molar-refractivity contribution in [1.82, 2.24) is 0 Å². The van der Waals surface area contributed by atoms with Crippen LogP contribution in [0.4, 0.5) is 11.4 Å². The van der Waals surface area contributed by atoms with E-state index in [1.54, 1.807) is 24.3 Å². The van der Waals surface area contributed by atoms with E-state index in [9.17, 15) is 8.42 Å². The van der Waals surface area contributed by atoms with Crippen molar-refractivity contribution in [3.63, 3.8) is 0 Å². The fraction of sp³-hybridized carbons (Fsp3) is 0. The molecule has 0 fully saturated rings. The van der Waals surface area contributed by atoms with Gasteiger partial charge in [0.15, 0.2) is 0 Å². The van der Waals surface area contributed by atoms with E-state index in [4.69, 9.17) is 4.28 Å². The largest absolute Gasteiger partial charge is 0.278 e. The highest BCUT2D eigenvalue weighted by molar-refractivity contribution is 7.67. The molecular formula is C12H11NO3S. The molecule has 0 spiro atoms. The molecular weight excluding hydrogens is 238 g/mol. The van der Waals surface area contributed by atoms with Crippen molar-refractivity contribution >= 4 is 22.4 Å². The van der Waals surface area contributed by atoms with E-state index in [1.165, 1.54) is 5.06 Å². The SMILES string of the molecule is O=[SH](=O)ON(c1ccccc1)c1ccccc1. The first kappa shape index (κ1) is 11.6. The van der Waals surface area contributed by atoms with Gasteiger partial charge in [-0.05, 0) is 24.3 Å². The maximum atomic E-state index is 10.7. The van der Waals surface area contributed by atoms with Crippen LogP contribution in [-0.4, -0.2) is 8.42 Å². The molecule has 2 aromatic rings. The molecule has 0 atom stereocenters. The molecule has 0 saturated carbocycles. The van der Waals surface area contributed by atoms with E-state index in [1.807, 2.05) is 36.4 Å². The molecule has 0 heterocycles. The molecule has 2 aromatic carbocycles. The third kappa shape index (κ3) is 3.05. The molecule has 5 heteroatoms. The normalized spacial score (nSPS) is 10.4. The van der Waals surface area contributed by atoms with Crippen LogP contribution >= 0.6 is 0 Å². The Bertz CT molecular complexity index is 493. The molecule has 17 heavy (non-hydrogen) atoms. The number of nitrogens with zero attached hydrogens (tertiary/aromatic N) is 1. The lowest BCUT2D eigenvalue weighted by atomic mass is 10.2. The lowest BCUT2D eigenvalue weighted by molar-refractivity contribution is 0.339. The van der Waals surface area contributed by atoms with Crippen LogP contribution in [0.5, 0.6) is 0 Å². The molecule has 0 aliphatic heterocycles. The van der Waals surface area contributed by atoms with Crippen molar-refractivity contribution in [1.29, 1.82) is 0 Å². The molecule has 0 aliphatic carbocycles. The molecule has 88 valence electrons. The highest BCUT2D eigenvalue weighted by Crippen LogP contribution is 2.24. The quantitative estimate of drug-likeness (QED) is 0.667. The van der Waals surface area contributed by atoms with E-state index in [2.05, 4.69) is 0 Å². The van der Waals surface area contributed by atoms with E-state index in [0.717, 1.165) is 0 Å². The summed E-state index contributed by atoms with van der Waals surface area (Å²) in [5.41, 5.74) is 1.30. The average Bonchev–Trinajstić information content (AvgIpc) is 2.38. The Morgan fingerprint density at radius 1 is 0.765 bits per heavy atom. The fourth-order valence-corrected chi connectivity index (χ4v) is 1.76.